The van der Waals surface area contributed by atoms with Crippen molar-refractivity contribution in [2.75, 3.05) is 65.4 Å². The molecule has 9 rings (SSSR count). The number of aromatic amines is 3. The highest BCUT2D eigenvalue weighted by molar-refractivity contribution is 8.00. The molecule has 15 atom stereocenters. The first-order valence-corrected chi connectivity index (χ1v) is 46.6. The highest BCUT2D eigenvalue weighted by Crippen LogP contribution is 2.28. The first kappa shape index (κ1) is 105. The molecular formula is C91H128N24O19S. The minimum Gasteiger partial charge on any atom is -0.394 e. The van der Waals surface area contributed by atoms with E-state index in [-0.39, 0.29) is 96.1 Å². The van der Waals surface area contributed by atoms with Crippen LogP contribution >= 0.6 is 11.8 Å². The number of imidazole rings is 1. The third-order valence-corrected chi connectivity index (χ3v) is 25.3. The Kier molecular flexibility index (Phi) is 39.4. The average molecular weight is 1890 g/mol. The quantitative estimate of drug-likeness (QED) is 0.0150. The van der Waals surface area contributed by atoms with Gasteiger partial charge in [-0.25, -0.2) is 4.98 Å². The van der Waals surface area contributed by atoms with E-state index in [1.54, 1.807) is 105 Å². The van der Waals surface area contributed by atoms with Gasteiger partial charge >= 0.3 is 0 Å². The topological polar surface area (TPSA) is 641 Å². The summed E-state index contributed by atoms with van der Waals surface area (Å²) in [5.74, 6) is -17.5. The van der Waals surface area contributed by atoms with E-state index >= 15 is 38.4 Å². The van der Waals surface area contributed by atoms with Crippen LogP contribution in [-0.2, 0) is 107 Å². The molecule has 6 heterocycles. The molecule has 0 radical (unpaired) electrons. The van der Waals surface area contributed by atoms with Crippen molar-refractivity contribution in [3.05, 3.63) is 126 Å². The van der Waals surface area contributed by atoms with Gasteiger partial charge in [-0.3, -0.25) is 86.9 Å². The Balaban J connectivity index is 1.10. The maximum atomic E-state index is 15.8. The summed E-state index contributed by atoms with van der Waals surface area (Å²) in [7, 11) is 3.95. The third-order valence-electron chi connectivity index (χ3n) is 24.2. The van der Waals surface area contributed by atoms with Gasteiger partial charge in [0.2, 0.25) is 100 Å². The molecule has 3 aromatic heterocycles. The SMILES string of the molecule is CCCC[C@H]1C(=O)N(C)[C@@H](CCCC)C(=O)N[C@@H](CCCNC(=N)N)C(=O)N[C@H](C(=O)NCC(N)=O)CSCC(=O)N[C@@H](Cc2ccccc2)C(=O)N(C)[C@@H](C)C(=O)N[C@@H](CC(N)=O)C(=O)N2CCC[C@H]2C(=O)N[C@@H](Cc2cnc[nH]2)C(=O)N[C@@H](CC(C)C)C(=O)N2C[C@H](O)C[C@H]2C(=O)N[C@@H](Cc2c[nH]c3ccccc23)C(=O)N[C@@H](CO)C(=O)N[C@@H](Cc2c[nH]c3ccccc23)C(=O)N1C. The van der Waals surface area contributed by atoms with Crippen LogP contribution in [-0.4, -0.2) is 317 Å². The molecule has 6 aromatic rings. The van der Waals surface area contributed by atoms with Gasteiger partial charge in [0.15, 0.2) is 5.96 Å². The zero-order valence-corrected chi connectivity index (χ0v) is 78.0. The third kappa shape index (κ3) is 29.5. The van der Waals surface area contributed by atoms with Crippen LogP contribution in [0.5, 0.6) is 0 Å². The summed E-state index contributed by atoms with van der Waals surface area (Å²) in [6.07, 6.45) is 3.93. The average Bonchev–Trinajstić information content (AvgIpc) is 1.72. The first-order chi connectivity index (χ1) is 64.4. The second-order valence-corrected chi connectivity index (χ2v) is 35.8. The number of nitrogens with two attached hydrogens (primary N) is 3. The minimum atomic E-state index is -1.89. The normalized spacial score (nSPS) is 24.8. The van der Waals surface area contributed by atoms with Gasteiger partial charge in [-0.2, -0.15) is 0 Å². The van der Waals surface area contributed by atoms with Gasteiger partial charge in [0.25, 0.3) is 0 Å². The van der Waals surface area contributed by atoms with Crippen LogP contribution in [0.15, 0.2) is 104 Å². The van der Waals surface area contributed by atoms with E-state index in [0.717, 1.165) is 36.3 Å². The number of thioether (sulfide) groups is 1. The van der Waals surface area contributed by atoms with Gasteiger partial charge < -0.3 is 125 Å². The molecule has 0 saturated carbocycles. The summed E-state index contributed by atoms with van der Waals surface area (Å²) in [6, 6.07) is 0.882. The number of guanidine groups is 1. The minimum absolute atomic E-state index is 0.00425. The van der Waals surface area contributed by atoms with Gasteiger partial charge in [0, 0.05) is 125 Å². The molecule has 135 heavy (non-hydrogen) atoms. The van der Waals surface area contributed by atoms with E-state index in [1.165, 1.54) is 40.6 Å². The van der Waals surface area contributed by atoms with Gasteiger partial charge in [-0.1, -0.05) is 120 Å². The number of likely N-dealkylation sites (N-methyl/N-ethyl adjacent to an activating group) is 3. The molecule has 3 fully saturated rings. The molecule has 23 N–H and O–H groups in total. The molecule has 732 valence electrons. The van der Waals surface area contributed by atoms with Crippen LogP contribution < -0.4 is 75.7 Å². The van der Waals surface area contributed by atoms with Crippen LogP contribution in [0.25, 0.3) is 21.8 Å². The highest BCUT2D eigenvalue weighted by atomic mass is 32.2. The number of H-pyrrole nitrogens is 3. The fourth-order valence-corrected chi connectivity index (χ4v) is 17.6. The number of para-hydroxylation sites is 2. The number of unbranched alkanes of at least 4 members (excludes halogenated alkanes) is 2. The summed E-state index contributed by atoms with van der Waals surface area (Å²) in [5.41, 5.74) is 20.0. The monoisotopic (exact) mass is 1890 g/mol. The highest BCUT2D eigenvalue weighted by Gasteiger charge is 2.47. The maximum absolute atomic E-state index is 15.8. The number of primary amides is 2. The van der Waals surface area contributed by atoms with Crippen molar-refractivity contribution >= 4 is 140 Å². The number of carbonyl (C=O) groups excluding carboxylic acids is 17. The standard InChI is InChI=1S/C91H128N24O19S/c1-9-11-29-70-83(127)103-61(28-20-32-97-91(94)95)79(123)110-69(78(122)100-44-75(93)119)47-135-48-76(120)102-65(35-52-22-14-13-15-23-52)86(130)111(6)51(5)77(121)106-67(40-74(92)118)88(132)114-33-21-31-71(114)84(128)105-63(38-55-43-96-49-101-55)81(125)107-64(34-50(3)4)89(133)115-45-56(117)39-73(115)85(129)104-62(36-53-41-98-59-26-18-16-24-57(53)59)80(124)109-68(46-116)82(126)108-66(37-54-42-99-60-27-19-17-25-58(54)60)87(131)113(8)72(30-12-10-2)90(134)112(70)7/h13-19,22-27,41-43,49-51,56,61-73,98-99,116-117H,9-12,20-21,28-40,44-48H2,1-8H3,(H2,92,118)(H2,93,119)(H,96,101)(H,100,122)(H,102,120)(H,103,127)(H,104,129)(H,105,128)(H,106,121)(H,107,125)(H,108,126)(H,109,124)(H,110,123)(H4,94,95,97)/t51-,56+,61-,62-,63-,64-,65-,66-,67-,68-,69-,70-,71-,72-,73-/m0/s1. The van der Waals surface area contributed by atoms with Crippen molar-refractivity contribution in [1.82, 2.24) is 103 Å². The number of aliphatic hydroxyl groups excluding tert-OH is 2. The number of fused-ring (bicyclic) bond motifs is 4. The molecule has 0 bridgehead atoms. The fourth-order valence-electron chi connectivity index (χ4n) is 16.8. The number of hydrogen-bond acceptors (Lipinski definition) is 22. The molecule has 17 amide bonds. The number of aromatic nitrogens is 4. The molecule has 0 aliphatic carbocycles. The second kappa shape index (κ2) is 50.5. The van der Waals surface area contributed by atoms with Crippen molar-refractivity contribution in [2.24, 2.45) is 23.1 Å². The van der Waals surface area contributed by atoms with E-state index < -0.39 is 235 Å². The van der Waals surface area contributed by atoms with E-state index in [0.29, 0.717) is 69.9 Å². The van der Waals surface area contributed by atoms with Crippen LogP contribution in [0.2, 0.25) is 0 Å². The predicted octanol–water partition coefficient (Wildman–Crippen LogP) is -2.63. The number of amides is 17. The summed E-state index contributed by atoms with van der Waals surface area (Å²) in [4.78, 5) is 269. The lowest BCUT2D eigenvalue weighted by molar-refractivity contribution is -0.149. The van der Waals surface area contributed by atoms with Crippen LogP contribution in [0.3, 0.4) is 0 Å². The lowest BCUT2D eigenvalue weighted by atomic mass is 10.00. The molecular weight excluding hydrogens is 1770 g/mol. The Bertz CT molecular complexity index is 5190. The zero-order valence-electron chi connectivity index (χ0n) is 77.2. The Morgan fingerprint density at radius 2 is 1.07 bits per heavy atom. The van der Waals surface area contributed by atoms with Crippen molar-refractivity contribution < 1.29 is 91.7 Å². The van der Waals surface area contributed by atoms with Crippen LogP contribution in [0.1, 0.15) is 140 Å². The van der Waals surface area contributed by atoms with Crippen LogP contribution in [0, 0.1) is 11.3 Å². The molecule has 0 spiro atoms. The molecule has 43 nitrogen and oxygen atoms in total. The lowest BCUT2D eigenvalue weighted by Gasteiger charge is -2.36. The molecule has 3 aliphatic heterocycles. The van der Waals surface area contributed by atoms with Crippen molar-refractivity contribution in [3.8, 4) is 0 Å². The fraction of sp³-hybridized carbons (Fsp3) is 0.527. The lowest BCUT2D eigenvalue weighted by Crippen LogP contribution is -2.62. The predicted molar refractivity (Wildman–Crippen MR) is 498 cm³/mol. The molecule has 3 saturated heterocycles. The number of nitrogens with zero attached hydrogens (tertiary/aromatic N) is 6. The van der Waals surface area contributed by atoms with Gasteiger partial charge in [-0.15, -0.1) is 11.8 Å². The summed E-state index contributed by atoms with van der Waals surface area (Å²) in [6.45, 7) is 6.11. The number of aliphatic hydroxyl groups is 2. The summed E-state index contributed by atoms with van der Waals surface area (Å²) >= 11 is 0.791. The van der Waals surface area contributed by atoms with Crippen molar-refractivity contribution in [1.29, 1.82) is 5.41 Å². The van der Waals surface area contributed by atoms with Crippen molar-refractivity contribution in [2.45, 2.75) is 234 Å². The van der Waals surface area contributed by atoms with E-state index in [9.17, 15) is 53.4 Å². The molecule has 0 unspecified atom stereocenters. The maximum Gasteiger partial charge on any atom is 0.246 e. The Hall–Kier alpha value is -13.5. The Morgan fingerprint density at radius 3 is 1.67 bits per heavy atom. The van der Waals surface area contributed by atoms with Crippen molar-refractivity contribution in [3.63, 3.8) is 0 Å². The van der Waals surface area contributed by atoms with Gasteiger partial charge in [0.05, 0.1) is 37.8 Å². The van der Waals surface area contributed by atoms with Gasteiger partial charge in [-0.05, 0) is 86.6 Å². The molecule has 3 aliphatic rings. The van der Waals surface area contributed by atoms with E-state index in [2.05, 4.69) is 78.4 Å². The first-order valence-electron chi connectivity index (χ1n) is 45.4. The van der Waals surface area contributed by atoms with Crippen LogP contribution in [0.4, 0.5) is 0 Å². The Labute approximate surface area is 785 Å². The number of rotatable bonds is 26. The zero-order chi connectivity index (χ0) is 98.4. The van der Waals surface area contributed by atoms with Gasteiger partial charge in [0.1, 0.15) is 84.6 Å². The van der Waals surface area contributed by atoms with E-state index in [1.807, 2.05) is 13.8 Å². The number of carbonyl (C=O) groups is 17. The molecule has 3 aromatic carbocycles. The smallest absolute Gasteiger partial charge is 0.246 e. The molecule has 44 heteroatoms. The second-order valence-electron chi connectivity index (χ2n) is 34.8. The summed E-state index contributed by atoms with van der Waals surface area (Å²) in [5, 5.41) is 61.1. The number of hydrogen-bond donors (Lipinski definition) is 20. The largest absolute Gasteiger partial charge is 0.394 e. The van der Waals surface area contributed by atoms with E-state index in [4.69, 9.17) is 22.6 Å². The summed E-state index contributed by atoms with van der Waals surface area (Å²) < 4.78 is 0. The number of benzene rings is 3. The number of nitrogens with one attached hydrogen (secondary N) is 15. The Morgan fingerprint density at radius 1 is 0.541 bits per heavy atom.